The number of hydrogen-bond acceptors (Lipinski definition) is 3. The lowest BCUT2D eigenvalue weighted by molar-refractivity contribution is 0.120. The second-order valence-corrected chi connectivity index (χ2v) is 6.18. The van der Waals surface area contributed by atoms with Crippen LogP contribution in [-0.4, -0.2) is 62.3 Å². The third-order valence-corrected chi connectivity index (χ3v) is 3.86. The molecule has 0 unspecified atom stereocenters. The first kappa shape index (κ1) is 18.9. The van der Waals surface area contributed by atoms with E-state index in [-0.39, 0.29) is 0 Å². The van der Waals surface area contributed by atoms with Gasteiger partial charge in [0.2, 0.25) is 0 Å². The first-order valence-electron chi connectivity index (χ1n) is 7.93. The van der Waals surface area contributed by atoms with Gasteiger partial charge in [-0.3, -0.25) is 0 Å². The van der Waals surface area contributed by atoms with Gasteiger partial charge in [0, 0.05) is 25.3 Å². The van der Waals surface area contributed by atoms with Crippen molar-refractivity contribution in [2.24, 2.45) is 0 Å². The van der Waals surface area contributed by atoms with E-state index in [0.29, 0.717) is 12.1 Å². The van der Waals surface area contributed by atoms with Crippen LogP contribution < -0.4 is 0 Å². The zero-order valence-electron chi connectivity index (χ0n) is 14.1. The molecule has 0 aromatic rings. The van der Waals surface area contributed by atoms with Crippen LogP contribution in [-0.2, 0) is 4.74 Å². The maximum Gasteiger partial charge on any atom is 0.0466 e. The van der Waals surface area contributed by atoms with Gasteiger partial charge < -0.3 is 14.5 Å². The average molecular weight is 272 g/mol. The summed E-state index contributed by atoms with van der Waals surface area (Å²) in [5, 5.41) is 0. The van der Waals surface area contributed by atoms with Crippen molar-refractivity contribution in [3.05, 3.63) is 0 Å². The van der Waals surface area contributed by atoms with Crippen molar-refractivity contribution in [3.63, 3.8) is 0 Å². The minimum absolute atomic E-state index is 0.652. The molecule has 0 amide bonds. The molecule has 0 N–H and O–H groups in total. The fourth-order valence-electron chi connectivity index (χ4n) is 1.75. The molecule has 0 aromatic carbocycles. The van der Waals surface area contributed by atoms with Gasteiger partial charge in [-0.05, 0) is 80.6 Å². The van der Waals surface area contributed by atoms with Crippen molar-refractivity contribution in [3.8, 4) is 0 Å². The van der Waals surface area contributed by atoms with E-state index in [9.17, 15) is 0 Å². The molecule has 0 rings (SSSR count). The Labute approximate surface area is 121 Å². The topological polar surface area (TPSA) is 15.7 Å². The van der Waals surface area contributed by atoms with Gasteiger partial charge in [-0.2, -0.15) is 0 Å². The van der Waals surface area contributed by atoms with Crippen LogP contribution in [0.15, 0.2) is 0 Å². The van der Waals surface area contributed by atoms with Gasteiger partial charge >= 0.3 is 0 Å². The van der Waals surface area contributed by atoms with Crippen LogP contribution in [0.5, 0.6) is 0 Å². The highest BCUT2D eigenvalue weighted by Gasteiger charge is 2.03. The Morgan fingerprint density at radius 1 is 0.684 bits per heavy atom. The third kappa shape index (κ3) is 11.4. The first-order valence-corrected chi connectivity index (χ1v) is 7.93. The van der Waals surface area contributed by atoms with Crippen molar-refractivity contribution in [1.29, 1.82) is 0 Å². The summed E-state index contributed by atoms with van der Waals surface area (Å²) < 4.78 is 5.68. The van der Waals surface area contributed by atoms with Crippen LogP contribution >= 0.6 is 0 Å². The van der Waals surface area contributed by atoms with Crippen molar-refractivity contribution in [2.75, 3.05) is 40.4 Å². The molecule has 19 heavy (non-hydrogen) atoms. The van der Waals surface area contributed by atoms with Gasteiger partial charge in [0.25, 0.3) is 0 Å². The van der Waals surface area contributed by atoms with E-state index in [1.807, 2.05) is 0 Å². The molecule has 0 aliphatic rings. The Bertz CT molecular complexity index is 175. The number of rotatable bonds is 12. The molecular formula is C16H36N2O. The van der Waals surface area contributed by atoms with Crippen LogP contribution in [0.2, 0.25) is 0 Å². The Hall–Kier alpha value is -0.120. The smallest absolute Gasteiger partial charge is 0.0466 e. The normalized spacial score (nSPS) is 12.3. The van der Waals surface area contributed by atoms with E-state index < -0.39 is 0 Å². The summed E-state index contributed by atoms with van der Waals surface area (Å²) in [4.78, 5) is 4.78. The first-order chi connectivity index (χ1) is 8.95. The molecule has 0 spiro atoms. The largest absolute Gasteiger partial charge is 0.381 e. The number of nitrogens with zero attached hydrogens (tertiary/aromatic N) is 2. The molecule has 0 aliphatic heterocycles. The Morgan fingerprint density at radius 3 is 1.37 bits per heavy atom. The monoisotopic (exact) mass is 272 g/mol. The van der Waals surface area contributed by atoms with Gasteiger partial charge in [0.15, 0.2) is 0 Å². The van der Waals surface area contributed by atoms with E-state index in [2.05, 4.69) is 51.6 Å². The summed E-state index contributed by atoms with van der Waals surface area (Å²) >= 11 is 0. The summed E-state index contributed by atoms with van der Waals surface area (Å²) in [5.74, 6) is 0. The van der Waals surface area contributed by atoms with E-state index in [4.69, 9.17) is 4.74 Å². The zero-order chi connectivity index (χ0) is 14.7. The minimum atomic E-state index is 0.652. The highest BCUT2D eigenvalue weighted by Crippen LogP contribution is 2.00. The molecular weight excluding hydrogens is 236 g/mol. The van der Waals surface area contributed by atoms with E-state index >= 15 is 0 Å². The second-order valence-electron chi connectivity index (χ2n) is 6.18. The predicted molar refractivity (Wildman–Crippen MR) is 84.8 cm³/mol. The molecule has 116 valence electrons. The predicted octanol–water partition coefficient (Wildman–Crippen LogP) is 3.24. The summed E-state index contributed by atoms with van der Waals surface area (Å²) in [5.41, 5.74) is 0. The van der Waals surface area contributed by atoms with Crippen LogP contribution in [0.3, 0.4) is 0 Å². The molecule has 0 aliphatic carbocycles. The zero-order valence-corrected chi connectivity index (χ0v) is 14.1. The van der Waals surface area contributed by atoms with Gasteiger partial charge in [0.1, 0.15) is 0 Å². The quantitative estimate of drug-likeness (QED) is 0.507. The number of unbranched alkanes of at least 4 members (excludes halogenated alkanes) is 2. The number of ether oxygens (including phenoxy) is 1. The molecule has 0 atom stereocenters. The molecule has 0 saturated heterocycles. The van der Waals surface area contributed by atoms with Crippen LogP contribution in [0, 0.1) is 0 Å². The highest BCUT2D eigenvalue weighted by molar-refractivity contribution is 4.57. The molecule has 3 nitrogen and oxygen atoms in total. The minimum Gasteiger partial charge on any atom is -0.381 e. The van der Waals surface area contributed by atoms with E-state index in [1.54, 1.807) is 0 Å². The van der Waals surface area contributed by atoms with Gasteiger partial charge in [0.05, 0.1) is 0 Å². The molecule has 0 aromatic heterocycles. The van der Waals surface area contributed by atoms with Crippen molar-refractivity contribution < 1.29 is 4.74 Å². The highest BCUT2D eigenvalue weighted by atomic mass is 16.5. The van der Waals surface area contributed by atoms with Gasteiger partial charge in [-0.15, -0.1) is 0 Å². The van der Waals surface area contributed by atoms with Crippen molar-refractivity contribution in [1.82, 2.24) is 9.80 Å². The van der Waals surface area contributed by atoms with Crippen LogP contribution in [0.4, 0.5) is 0 Å². The lowest BCUT2D eigenvalue weighted by Crippen LogP contribution is -2.27. The molecule has 0 saturated carbocycles. The Kier molecular flexibility index (Phi) is 11.6. The van der Waals surface area contributed by atoms with Crippen molar-refractivity contribution >= 4 is 0 Å². The Balaban J connectivity index is 3.19. The molecule has 0 fully saturated rings. The van der Waals surface area contributed by atoms with Crippen LogP contribution in [0.25, 0.3) is 0 Å². The van der Waals surface area contributed by atoms with E-state index in [1.165, 1.54) is 38.8 Å². The van der Waals surface area contributed by atoms with Crippen LogP contribution in [0.1, 0.15) is 53.4 Å². The van der Waals surface area contributed by atoms with Gasteiger partial charge in [-0.25, -0.2) is 0 Å². The summed E-state index contributed by atoms with van der Waals surface area (Å²) in [7, 11) is 4.38. The second kappa shape index (κ2) is 11.7. The summed E-state index contributed by atoms with van der Waals surface area (Å²) in [6, 6.07) is 1.30. The van der Waals surface area contributed by atoms with Gasteiger partial charge in [-0.1, -0.05) is 0 Å². The average Bonchev–Trinajstić information content (AvgIpc) is 2.35. The fourth-order valence-corrected chi connectivity index (χ4v) is 1.75. The summed E-state index contributed by atoms with van der Waals surface area (Å²) in [6.07, 6.45) is 4.85. The lowest BCUT2D eigenvalue weighted by Gasteiger charge is -2.21. The maximum atomic E-state index is 5.68. The lowest BCUT2D eigenvalue weighted by atomic mass is 10.2. The SMILES string of the molecule is CC(C)N(C)CCCCOCCCCN(C)C(C)C. The fraction of sp³-hybridized carbons (Fsp3) is 1.00. The molecule has 3 heteroatoms. The summed E-state index contributed by atoms with van der Waals surface area (Å²) in [6.45, 7) is 13.2. The molecule has 0 radical (unpaired) electrons. The third-order valence-electron chi connectivity index (χ3n) is 3.86. The Morgan fingerprint density at radius 2 is 1.05 bits per heavy atom. The standard InChI is InChI=1S/C16H36N2O/c1-15(2)17(5)11-7-9-13-19-14-10-8-12-18(6)16(3)4/h15-16H,7-14H2,1-6H3. The molecule has 0 bridgehead atoms. The molecule has 0 heterocycles. The number of hydrogen-bond donors (Lipinski definition) is 0. The maximum absolute atomic E-state index is 5.68. The van der Waals surface area contributed by atoms with Crippen molar-refractivity contribution in [2.45, 2.75) is 65.5 Å². The van der Waals surface area contributed by atoms with E-state index in [0.717, 1.165) is 13.2 Å².